The molecule has 0 spiro atoms. The van der Waals surface area contributed by atoms with E-state index in [1.807, 2.05) is 36.4 Å². The van der Waals surface area contributed by atoms with Crippen molar-refractivity contribution in [2.24, 2.45) is 0 Å². The third kappa shape index (κ3) is 2.27. The van der Waals surface area contributed by atoms with Crippen molar-refractivity contribution in [1.82, 2.24) is 0 Å². The standard InChI is InChI=1S/C16H13ClO/c17-14-7-8-15-13(10-14)6-9-16(15)18-11-12-4-2-1-3-5-12/h1-9H,10-11H2. The summed E-state index contributed by atoms with van der Waals surface area (Å²) in [5.74, 6) is 0.939. The van der Waals surface area contributed by atoms with E-state index in [1.165, 1.54) is 11.1 Å². The van der Waals surface area contributed by atoms with E-state index in [-0.39, 0.29) is 0 Å². The van der Waals surface area contributed by atoms with Crippen LogP contribution in [-0.2, 0) is 11.3 Å². The van der Waals surface area contributed by atoms with Gasteiger partial charge in [-0.2, -0.15) is 0 Å². The van der Waals surface area contributed by atoms with Crippen molar-refractivity contribution >= 4 is 11.6 Å². The van der Waals surface area contributed by atoms with Gasteiger partial charge in [-0.25, -0.2) is 0 Å². The lowest BCUT2D eigenvalue weighted by atomic mass is 10.0. The molecule has 2 aliphatic rings. The van der Waals surface area contributed by atoms with Crippen molar-refractivity contribution in [3.8, 4) is 0 Å². The Kier molecular flexibility index (Phi) is 3.07. The number of benzene rings is 1. The Morgan fingerprint density at radius 1 is 1.00 bits per heavy atom. The predicted octanol–water partition coefficient (Wildman–Crippen LogP) is 4.48. The van der Waals surface area contributed by atoms with E-state index >= 15 is 0 Å². The second kappa shape index (κ2) is 4.87. The van der Waals surface area contributed by atoms with Gasteiger partial charge in [0.1, 0.15) is 12.4 Å². The molecular formula is C16H13ClO. The van der Waals surface area contributed by atoms with Gasteiger partial charge in [0, 0.05) is 17.0 Å². The van der Waals surface area contributed by atoms with E-state index in [2.05, 4.69) is 18.2 Å². The first-order valence-electron chi connectivity index (χ1n) is 5.97. The summed E-state index contributed by atoms with van der Waals surface area (Å²) in [6, 6.07) is 10.2. The lowest BCUT2D eigenvalue weighted by Gasteiger charge is -2.14. The molecule has 18 heavy (non-hydrogen) atoms. The first kappa shape index (κ1) is 11.4. The summed E-state index contributed by atoms with van der Waals surface area (Å²) in [4.78, 5) is 0. The van der Waals surface area contributed by atoms with Crippen molar-refractivity contribution in [3.63, 3.8) is 0 Å². The molecule has 0 heterocycles. The van der Waals surface area contributed by atoms with Gasteiger partial charge in [-0.3, -0.25) is 0 Å². The first-order valence-corrected chi connectivity index (χ1v) is 6.35. The fourth-order valence-corrected chi connectivity index (χ4v) is 2.34. The smallest absolute Gasteiger partial charge is 0.127 e. The number of halogens is 1. The van der Waals surface area contributed by atoms with Gasteiger partial charge in [-0.05, 0) is 29.4 Å². The molecule has 2 heteroatoms. The first-order chi connectivity index (χ1) is 8.83. The molecule has 2 aliphatic carbocycles. The summed E-state index contributed by atoms with van der Waals surface area (Å²) >= 11 is 6.02. The number of hydrogen-bond acceptors (Lipinski definition) is 1. The molecule has 0 fully saturated rings. The van der Waals surface area contributed by atoms with Crippen LogP contribution in [0.5, 0.6) is 0 Å². The summed E-state index contributed by atoms with van der Waals surface area (Å²) in [6.07, 6.45) is 8.89. The number of fused-ring (bicyclic) bond motifs is 1. The predicted molar refractivity (Wildman–Crippen MR) is 74.0 cm³/mol. The molecule has 0 aliphatic heterocycles. The van der Waals surface area contributed by atoms with Crippen molar-refractivity contribution in [2.75, 3.05) is 0 Å². The van der Waals surface area contributed by atoms with E-state index in [0.717, 1.165) is 22.8 Å². The van der Waals surface area contributed by atoms with Crippen LogP contribution in [0.1, 0.15) is 12.0 Å². The quantitative estimate of drug-likeness (QED) is 0.775. The SMILES string of the molecule is ClC1=CC=C2C(=CC=C2OCc2ccccc2)C1. The molecule has 0 saturated carbocycles. The highest BCUT2D eigenvalue weighted by Gasteiger charge is 2.19. The van der Waals surface area contributed by atoms with Gasteiger partial charge in [0.25, 0.3) is 0 Å². The molecule has 3 rings (SSSR count). The number of rotatable bonds is 3. The Balaban J connectivity index is 1.69. The Morgan fingerprint density at radius 3 is 2.67 bits per heavy atom. The van der Waals surface area contributed by atoms with Gasteiger partial charge in [0.2, 0.25) is 0 Å². The molecule has 0 aromatic heterocycles. The minimum atomic E-state index is 0.600. The molecule has 0 amide bonds. The molecule has 0 N–H and O–H groups in total. The van der Waals surface area contributed by atoms with Gasteiger partial charge < -0.3 is 4.74 Å². The number of hydrogen-bond donors (Lipinski definition) is 0. The molecule has 0 unspecified atom stereocenters. The fraction of sp³-hybridized carbons (Fsp3) is 0.125. The molecule has 0 saturated heterocycles. The van der Waals surface area contributed by atoms with E-state index in [4.69, 9.17) is 16.3 Å². The third-order valence-electron chi connectivity index (χ3n) is 3.07. The Labute approximate surface area is 112 Å². The largest absolute Gasteiger partial charge is 0.488 e. The van der Waals surface area contributed by atoms with Crippen LogP contribution in [0.4, 0.5) is 0 Å². The highest BCUT2D eigenvalue weighted by molar-refractivity contribution is 6.30. The zero-order valence-electron chi connectivity index (χ0n) is 9.90. The second-order valence-electron chi connectivity index (χ2n) is 4.37. The summed E-state index contributed by atoms with van der Waals surface area (Å²) in [5, 5.41) is 0.878. The van der Waals surface area contributed by atoms with Crippen LogP contribution >= 0.6 is 11.6 Å². The average molecular weight is 257 g/mol. The van der Waals surface area contributed by atoms with Gasteiger partial charge in [0.15, 0.2) is 0 Å². The summed E-state index contributed by atoms with van der Waals surface area (Å²) in [6.45, 7) is 0.600. The molecule has 1 nitrogen and oxygen atoms in total. The zero-order valence-corrected chi connectivity index (χ0v) is 10.7. The van der Waals surface area contributed by atoms with Crippen LogP contribution in [0.25, 0.3) is 0 Å². The van der Waals surface area contributed by atoms with Gasteiger partial charge in [-0.1, -0.05) is 48.0 Å². The Hall–Kier alpha value is -1.73. The number of ether oxygens (including phenoxy) is 1. The summed E-state index contributed by atoms with van der Waals surface area (Å²) in [7, 11) is 0. The molecule has 0 atom stereocenters. The van der Waals surface area contributed by atoms with Crippen LogP contribution < -0.4 is 0 Å². The average Bonchev–Trinajstić information content (AvgIpc) is 2.80. The molecule has 1 aromatic rings. The van der Waals surface area contributed by atoms with Gasteiger partial charge >= 0.3 is 0 Å². The molecule has 0 radical (unpaired) electrons. The number of allylic oxidation sites excluding steroid dienone is 6. The topological polar surface area (TPSA) is 9.23 Å². The Morgan fingerprint density at radius 2 is 1.83 bits per heavy atom. The van der Waals surface area contributed by atoms with Crippen LogP contribution in [0.3, 0.4) is 0 Å². The highest BCUT2D eigenvalue weighted by atomic mass is 35.5. The minimum Gasteiger partial charge on any atom is -0.488 e. The monoisotopic (exact) mass is 256 g/mol. The minimum absolute atomic E-state index is 0.600. The normalized spacial score (nSPS) is 17.4. The van der Waals surface area contributed by atoms with Crippen molar-refractivity contribution in [3.05, 3.63) is 82.1 Å². The highest BCUT2D eigenvalue weighted by Crippen LogP contribution is 2.35. The van der Waals surface area contributed by atoms with E-state index in [9.17, 15) is 0 Å². The maximum absolute atomic E-state index is 6.02. The molecular weight excluding hydrogens is 244 g/mol. The summed E-state index contributed by atoms with van der Waals surface area (Å²) in [5.41, 5.74) is 3.58. The van der Waals surface area contributed by atoms with Crippen LogP contribution in [0.2, 0.25) is 0 Å². The molecule has 90 valence electrons. The summed E-state index contributed by atoms with van der Waals surface area (Å²) < 4.78 is 5.86. The molecule has 1 aromatic carbocycles. The van der Waals surface area contributed by atoms with Crippen LogP contribution in [0, 0.1) is 0 Å². The maximum atomic E-state index is 6.02. The van der Waals surface area contributed by atoms with Crippen molar-refractivity contribution in [2.45, 2.75) is 13.0 Å². The van der Waals surface area contributed by atoms with Crippen molar-refractivity contribution in [1.29, 1.82) is 0 Å². The maximum Gasteiger partial charge on any atom is 0.127 e. The Bertz CT molecular complexity index is 576. The van der Waals surface area contributed by atoms with E-state index < -0.39 is 0 Å². The van der Waals surface area contributed by atoms with Crippen molar-refractivity contribution < 1.29 is 4.74 Å². The lowest BCUT2D eigenvalue weighted by Crippen LogP contribution is -1.99. The van der Waals surface area contributed by atoms with E-state index in [0.29, 0.717) is 6.61 Å². The molecule has 0 bridgehead atoms. The fourth-order valence-electron chi connectivity index (χ4n) is 2.13. The lowest BCUT2D eigenvalue weighted by molar-refractivity contribution is 0.208. The zero-order chi connectivity index (χ0) is 12.4. The second-order valence-corrected chi connectivity index (χ2v) is 4.85. The van der Waals surface area contributed by atoms with Gasteiger partial charge in [-0.15, -0.1) is 0 Å². The van der Waals surface area contributed by atoms with Crippen LogP contribution in [-0.4, -0.2) is 0 Å². The van der Waals surface area contributed by atoms with Gasteiger partial charge in [0.05, 0.1) is 0 Å². The van der Waals surface area contributed by atoms with E-state index in [1.54, 1.807) is 0 Å². The van der Waals surface area contributed by atoms with Crippen LogP contribution in [0.15, 0.2) is 76.6 Å². The third-order valence-corrected chi connectivity index (χ3v) is 3.33.